The van der Waals surface area contributed by atoms with Gasteiger partial charge in [0.2, 0.25) is 0 Å². The lowest BCUT2D eigenvalue weighted by Gasteiger charge is -2.26. The van der Waals surface area contributed by atoms with Gasteiger partial charge in [0.1, 0.15) is 0 Å². The molecule has 5 aromatic rings. The molecular weight excluding hydrogens is 422 g/mol. The van der Waals surface area contributed by atoms with Gasteiger partial charge < -0.3 is 4.90 Å². The Labute approximate surface area is 208 Å². The van der Waals surface area contributed by atoms with Gasteiger partial charge in [0.15, 0.2) is 0 Å². The first-order valence-electron chi connectivity index (χ1n) is 12.0. The van der Waals surface area contributed by atoms with Gasteiger partial charge in [0.05, 0.1) is 0 Å². The Balaban J connectivity index is 1.47. The fourth-order valence-corrected chi connectivity index (χ4v) is 4.42. The van der Waals surface area contributed by atoms with Crippen molar-refractivity contribution in [3.63, 3.8) is 0 Å². The van der Waals surface area contributed by atoms with Crippen LogP contribution in [0.3, 0.4) is 0 Å². The maximum absolute atomic E-state index is 2.30. The van der Waals surface area contributed by atoms with Crippen LogP contribution in [-0.2, 0) is 0 Å². The molecule has 0 saturated carbocycles. The van der Waals surface area contributed by atoms with Gasteiger partial charge in [-0.1, -0.05) is 109 Å². The molecule has 5 rings (SSSR count). The van der Waals surface area contributed by atoms with Crippen molar-refractivity contribution in [3.8, 4) is 11.1 Å². The minimum absolute atomic E-state index is 1.13. The molecule has 0 N–H and O–H groups in total. The lowest BCUT2D eigenvalue weighted by atomic mass is 10.0. The molecule has 5 aromatic carbocycles. The topological polar surface area (TPSA) is 3.24 Å². The van der Waals surface area contributed by atoms with Crippen molar-refractivity contribution < 1.29 is 0 Å². The molecule has 0 atom stereocenters. The first-order chi connectivity index (χ1) is 17.2. The minimum Gasteiger partial charge on any atom is -0.311 e. The molecule has 1 nitrogen and oxygen atoms in total. The normalized spacial score (nSPS) is 11.3. The van der Waals surface area contributed by atoms with Gasteiger partial charge in [-0.15, -0.1) is 0 Å². The number of hydrogen-bond donors (Lipinski definition) is 0. The maximum atomic E-state index is 2.30. The molecule has 0 aliphatic heterocycles. The Morgan fingerprint density at radius 2 is 1.09 bits per heavy atom. The summed E-state index contributed by atoms with van der Waals surface area (Å²) in [6.07, 6.45) is 2.25. The van der Waals surface area contributed by atoms with E-state index < -0.39 is 0 Å². The molecule has 0 aliphatic carbocycles. The van der Waals surface area contributed by atoms with E-state index in [9.17, 15) is 0 Å². The monoisotopic (exact) mass is 451 g/mol. The van der Waals surface area contributed by atoms with E-state index in [2.05, 4.69) is 158 Å². The van der Waals surface area contributed by atoms with Crippen molar-refractivity contribution in [1.29, 1.82) is 0 Å². The number of hydrogen-bond acceptors (Lipinski definition) is 1. The molecule has 35 heavy (non-hydrogen) atoms. The SMILES string of the molecule is C/C(=C/c1cccc(C)c1)c1ccc(N(c2ccccc2)c2ccc(-c3ccccc3)cc2)cc1. The highest BCUT2D eigenvalue weighted by Gasteiger charge is 2.12. The number of anilines is 3. The molecule has 0 spiro atoms. The van der Waals surface area contributed by atoms with Crippen LogP contribution in [0.15, 0.2) is 133 Å². The Morgan fingerprint density at radius 3 is 1.71 bits per heavy atom. The average molecular weight is 452 g/mol. The first kappa shape index (κ1) is 22.4. The third kappa shape index (κ3) is 5.26. The van der Waals surface area contributed by atoms with Crippen LogP contribution >= 0.6 is 0 Å². The summed E-state index contributed by atoms with van der Waals surface area (Å²) in [5.74, 6) is 0. The van der Waals surface area contributed by atoms with E-state index in [4.69, 9.17) is 0 Å². The number of benzene rings is 5. The molecule has 0 saturated heterocycles. The molecule has 0 unspecified atom stereocenters. The van der Waals surface area contributed by atoms with Crippen LogP contribution in [-0.4, -0.2) is 0 Å². The highest BCUT2D eigenvalue weighted by Crippen LogP contribution is 2.36. The smallest absolute Gasteiger partial charge is 0.0462 e. The number of aryl methyl sites for hydroxylation is 1. The predicted octanol–water partition coefficient (Wildman–Crippen LogP) is 9.69. The fourth-order valence-electron chi connectivity index (χ4n) is 4.42. The summed E-state index contributed by atoms with van der Waals surface area (Å²) in [6, 6.07) is 47.3. The number of para-hydroxylation sites is 1. The van der Waals surface area contributed by atoms with E-state index in [0.717, 1.165) is 17.1 Å². The Kier molecular flexibility index (Phi) is 6.59. The van der Waals surface area contributed by atoms with Crippen molar-refractivity contribution in [1.82, 2.24) is 0 Å². The molecule has 0 fully saturated rings. The van der Waals surface area contributed by atoms with Crippen molar-refractivity contribution >= 4 is 28.7 Å². The highest BCUT2D eigenvalue weighted by atomic mass is 15.1. The summed E-state index contributed by atoms with van der Waals surface area (Å²) in [6.45, 7) is 4.31. The third-order valence-corrected chi connectivity index (χ3v) is 6.25. The van der Waals surface area contributed by atoms with Crippen LogP contribution in [0.5, 0.6) is 0 Å². The van der Waals surface area contributed by atoms with Crippen molar-refractivity contribution in [3.05, 3.63) is 150 Å². The lowest BCUT2D eigenvalue weighted by Crippen LogP contribution is -2.09. The standard InChI is InChI=1S/C34H29N/c1-26-10-9-11-28(24-26)25-27(2)29-16-20-33(21-17-29)35(32-14-7-4-8-15-32)34-22-18-31(19-23-34)30-12-5-3-6-13-30/h3-25H,1-2H3/b27-25-. The van der Waals surface area contributed by atoms with Gasteiger partial charge >= 0.3 is 0 Å². The van der Waals surface area contributed by atoms with E-state index in [1.807, 2.05) is 0 Å². The molecule has 0 amide bonds. The molecule has 0 aromatic heterocycles. The Morgan fingerprint density at radius 1 is 0.543 bits per heavy atom. The maximum Gasteiger partial charge on any atom is 0.0462 e. The van der Waals surface area contributed by atoms with Crippen molar-refractivity contribution in [2.75, 3.05) is 4.90 Å². The van der Waals surface area contributed by atoms with Gasteiger partial charge in [-0.25, -0.2) is 0 Å². The molecule has 0 heterocycles. The van der Waals surface area contributed by atoms with E-state index in [-0.39, 0.29) is 0 Å². The molecule has 170 valence electrons. The van der Waals surface area contributed by atoms with E-state index in [1.165, 1.54) is 33.4 Å². The molecular formula is C34H29N. The molecule has 0 radical (unpaired) electrons. The van der Waals surface area contributed by atoms with Gasteiger partial charge in [-0.2, -0.15) is 0 Å². The second-order valence-corrected chi connectivity index (χ2v) is 8.87. The predicted molar refractivity (Wildman–Crippen MR) is 151 cm³/mol. The summed E-state index contributed by atoms with van der Waals surface area (Å²) < 4.78 is 0. The van der Waals surface area contributed by atoms with Crippen LogP contribution < -0.4 is 4.90 Å². The highest BCUT2D eigenvalue weighted by molar-refractivity contribution is 5.83. The minimum atomic E-state index is 1.13. The number of nitrogens with zero attached hydrogens (tertiary/aromatic N) is 1. The summed E-state index contributed by atoms with van der Waals surface area (Å²) in [4.78, 5) is 2.30. The van der Waals surface area contributed by atoms with E-state index in [1.54, 1.807) is 0 Å². The number of allylic oxidation sites excluding steroid dienone is 1. The van der Waals surface area contributed by atoms with Crippen LogP contribution in [0, 0.1) is 6.92 Å². The fraction of sp³-hybridized carbons (Fsp3) is 0.0588. The third-order valence-electron chi connectivity index (χ3n) is 6.25. The van der Waals surface area contributed by atoms with E-state index >= 15 is 0 Å². The second-order valence-electron chi connectivity index (χ2n) is 8.87. The zero-order chi connectivity index (χ0) is 24.0. The molecule has 1 heteroatoms. The average Bonchev–Trinajstić information content (AvgIpc) is 2.91. The summed E-state index contributed by atoms with van der Waals surface area (Å²) in [5, 5.41) is 0. The Bertz CT molecular complexity index is 1410. The lowest BCUT2D eigenvalue weighted by molar-refractivity contribution is 1.28. The zero-order valence-corrected chi connectivity index (χ0v) is 20.2. The van der Waals surface area contributed by atoms with E-state index in [0.29, 0.717) is 0 Å². The summed E-state index contributed by atoms with van der Waals surface area (Å²) in [5.41, 5.74) is 10.8. The van der Waals surface area contributed by atoms with Crippen LogP contribution in [0.1, 0.15) is 23.6 Å². The summed E-state index contributed by atoms with van der Waals surface area (Å²) in [7, 11) is 0. The van der Waals surface area contributed by atoms with Gasteiger partial charge in [0, 0.05) is 17.1 Å². The van der Waals surface area contributed by atoms with Crippen LogP contribution in [0.25, 0.3) is 22.8 Å². The zero-order valence-electron chi connectivity index (χ0n) is 20.2. The van der Waals surface area contributed by atoms with Crippen LogP contribution in [0.2, 0.25) is 0 Å². The van der Waals surface area contributed by atoms with Gasteiger partial charge in [-0.3, -0.25) is 0 Å². The largest absolute Gasteiger partial charge is 0.311 e. The molecule has 0 aliphatic rings. The second kappa shape index (κ2) is 10.3. The Hall–Kier alpha value is -4.36. The van der Waals surface area contributed by atoms with Crippen LogP contribution in [0.4, 0.5) is 17.1 Å². The van der Waals surface area contributed by atoms with Crippen molar-refractivity contribution in [2.45, 2.75) is 13.8 Å². The molecule has 0 bridgehead atoms. The summed E-state index contributed by atoms with van der Waals surface area (Å²) >= 11 is 0. The van der Waals surface area contributed by atoms with Crippen molar-refractivity contribution in [2.24, 2.45) is 0 Å². The van der Waals surface area contributed by atoms with Gasteiger partial charge in [-0.05, 0) is 78.1 Å². The first-order valence-corrected chi connectivity index (χ1v) is 12.0. The van der Waals surface area contributed by atoms with Gasteiger partial charge in [0.25, 0.3) is 0 Å². The number of rotatable bonds is 6. The quantitative estimate of drug-likeness (QED) is 0.232.